The molecule has 1 aliphatic heterocycles. The zero-order valence-electron chi connectivity index (χ0n) is 14.6. The zero-order chi connectivity index (χ0) is 16.2. The van der Waals surface area contributed by atoms with Crippen molar-refractivity contribution in [1.29, 1.82) is 0 Å². The standard InChI is InChI=1S/C17H35N3O2/c1-4-18-17(19-9-7-16-6-5-11-22-16)20-13-15(8-10-21)12-14(2)3/h14-16,21H,4-13H2,1-3H3,(H2,18,19,20). The second kappa shape index (κ2) is 11.7. The molecule has 1 heterocycles. The van der Waals surface area contributed by atoms with Crippen molar-refractivity contribution >= 4 is 5.96 Å². The highest BCUT2D eigenvalue weighted by Crippen LogP contribution is 2.16. The second-order valence-corrected chi connectivity index (χ2v) is 6.58. The molecule has 22 heavy (non-hydrogen) atoms. The Labute approximate surface area is 135 Å². The van der Waals surface area contributed by atoms with Crippen LogP contribution in [0.2, 0.25) is 0 Å². The molecule has 1 fully saturated rings. The molecule has 1 rings (SSSR count). The van der Waals surface area contributed by atoms with Gasteiger partial charge in [0.2, 0.25) is 0 Å². The molecule has 1 saturated heterocycles. The zero-order valence-corrected chi connectivity index (χ0v) is 14.6. The lowest BCUT2D eigenvalue weighted by Gasteiger charge is -2.18. The average Bonchev–Trinajstić information content (AvgIpc) is 2.97. The monoisotopic (exact) mass is 313 g/mol. The smallest absolute Gasteiger partial charge is 0.191 e. The molecule has 0 saturated carbocycles. The quantitative estimate of drug-likeness (QED) is 0.427. The van der Waals surface area contributed by atoms with Crippen molar-refractivity contribution < 1.29 is 9.84 Å². The van der Waals surface area contributed by atoms with Crippen LogP contribution in [0, 0.1) is 11.8 Å². The number of ether oxygens (including phenoxy) is 1. The largest absolute Gasteiger partial charge is 0.396 e. The van der Waals surface area contributed by atoms with Crippen molar-refractivity contribution in [3.8, 4) is 0 Å². The Bertz CT molecular complexity index is 302. The lowest BCUT2D eigenvalue weighted by molar-refractivity contribution is 0.105. The van der Waals surface area contributed by atoms with Gasteiger partial charge < -0.3 is 20.5 Å². The molecule has 2 unspecified atom stereocenters. The molecule has 0 aromatic heterocycles. The minimum atomic E-state index is 0.246. The van der Waals surface area contributed by atoms with Crippen LogP contribution >= 0.6 is 0 Å². The average molecular weight is 313 g/mol. The highest BCUT2D eigenvalue weighted by molar-refractivity contribution is 5.79. The van der Waals surface area contributed by atoms with E-state index in [4.69, 9.17) is 9.73 Å². The third-order valence-corrected chi connectivity index (χ3v) is 3.98. The summed E-state index contributed by atoms with van der Waals surface area (Å²) in [6, 6.07) is 0. The lowest BCUT2D eigenvalue weighted by Crippen LogP contribution is -2.39. The van der Waals surface area contributed by atoms with Gasteiger partial charge >= 0.3 is 0 Å². The number of aliphatic imine (C=N–C) groups is 1. The summed E-state index contributed by atoms with van der Waals surface area (Å²) in [5, 5.41) is 15.9. The summed E-state index contributed by atoms with van der Waals surface area (Å²) in [7, 11) is 0. The van der Waals surface area contributed by atoms with E-state index in [-0.39, 0.29) is 6.61 Å². The van der Waals surface area contributed by atoms with Gasteiger partial charge in [-0.25, -0.2) is 0 Å². The van der Waals surface area contributed by atoms with E-state index in [1.807, 2.05) is 0 Å². The van der Waals surface area contributed by atoms with Crippen LogP contribution in [-0.4, -0.2) is 50.0 Å². The Morgan fingerprint density at radius 3 is 2.77 bits per heavy atom. The van der Waals surface area contributed by atoms with E-state index in [1.54, 1.807) is 0 Å². The molecule has 5 nitrogen and oxygen atoms in total. The minimum Gasteiger partial charge on any atom is -0.396 e. The van der Waals surface area contributed by atoms with Crippen LogP contribution < -0.4 is 10.6 Å². The first-order valence-electron chi connectivity index (χ1n) is 8.90. The summed E-state index contributed by atoms with van der Waals surface area (Å²) < 4.78 is 5.64. The summed E-state index contributed by atoms with van der Waals surface area (Å²) in [6.07, 6.45) is 5.77. The number of guanidine groups is 1. The summed E-state index contributed by atoms with van der Waals surface area (Å²) in [4.78, 5) is 4.69. The molecule has 5 heteroatoms. The number of aliphatic hydroxyl groups is 1. The van der Waals surface area contributed by atoms with Gasteiger partial charge in [-0.15, -0.1) is 0 Å². The Kier molecular flexibility index (Phi) is 10.2. The normalized spacial score (nSPS) is 20.4. The van der Waals surface area contributed by atoms with Crippen LogP contribution in [0.1, 0.15) is 52.9 Å². The van der Waals surface area contributed by atoms with Gasteiger partial charge in [0.1, 0.15) is 0 Å². The first-order valence-corrected chi connectivity index (χ1v) is 8.90. The van der Waals surface area contributed by atoms with Gasteiger partial charge in [-0.2, -0.15) is 0 Å². The topological polar surface area (TPSA) is 65.9 Å². The van der Waals surface area contributed by atoms with Crippen LogP contribution in [0.15, 0.2) is 4.99 Å². The van der Waals surface area contributed by atoms with Crippen LogP contribution in [0.5, 0.6) is 0 Å². The molecular weight excluding hydrogens is 278 g/mol. The molecule has 0 amide bonds. The number of aliphatic hydroxyl groups excluding tert-OH is 1. The number of hydrogen-bond acceptors (Lipinski definition) is 3. The second-order valence-electron chi connectivity index (χ2n) is 6.58. The van der Waals surface area contributed by atoms with Crippen molar-refractivity contribution in [2.75, 3.05) is 32.8 Å². The van der Waals surface area contributed by atoms with Gasteiger partial charge in [-0.3, -0.25) is 4.99 Å². The van der Waals surface area contributed by atoms with E-state index in [0.717, 1.165) is 51.5 Å². The van der Waals surface area contributed by atoms with Crippen molar-refractivity contribution in [2.45, 2.75) is 59.0 Å². The number of nitrogens with zero attached hydrogens (tertiary/aromatic N) is 1. The summed E-state index contributed by atoms with van der Waals surface area (Å²) >= 11 is 0. The van der Waals surface area contributed by atoms with Crippen LogP contribution in [-0.2, 0) is 4.74 Å². The van der Waals surface area contributed by atoms with Crippen LogP contribution in [0.25, 0.3) is 0 Å². The molecule has 0 aromatic carbocycles. The fraction of sp³-hybridized carbons (Fsp3) is 0.941. The van der Waals surface area contributed by atoms with Gasteiger partial charge in [0, 0.05) is 32.8 Å². The molecule has 0 radical (unpaired) electrons. The van der Waals surface area contributed by atoms with E-state index in [0.29, 0.717) is 17.9 Å². The highest BCUT2D eigenvalue weighted by Gasteiger charge is 2.15. The Balaban J connectivity index is 2.37. The van der Waals surface area contributed by atoms with Crippen molar-refractivity contribution in [3.05, 3.63) is 0 Å². The molecule has 3 N–H and O–H groups in total. The van der Waals surface area contributed by atoms with E-state index in [2.05, 4.69) is 31.4 Å². The van der Waals surface area contributed by atoms with E-state index < -0.39 is 0 Å². The Morgan fingerprint density at radius 2 is 2.18 bits per heavy atom. The lowest BCUT2D eigenvalue weighted by atomic mass is 9.94. The summed E-state index contributed by atoms with van der Waals surface area (Å²) in [6.45, 7) is 10.2. The molecular formula is C17H35N3O2. The minimum absolute atomic E-state index is 0.246. The van der Waals surface area contributed by atoms with Gasteiger partial charge in [-0.1, -0.05) is 13.8 Å². The molecule has 0 bridgehead atoms. The highest BCUT2D eigenvalue weighted by atomic mass is 16.5. The number of nitrogens with one attached hydrogen (secondary N) is 2. The molecule has 130 valence electrons. The van der Waals surface area contributed by atoms with Gasteiger partial charge in [0.15, 0.2) is 5.96 Å². The number of rotatable bonds is 10. The van der Waals surface area contributed by atoms with Gasteiger partial charge in [0.25, 0.3) is 0 Å². The predicted molar refractivity (Wildman–Crippen MR) is 92.2 cm³/mol. The van der Waals surface area contributed by atoms with Gasteiger partial charge in [-0.05, 0) is 50.9 Å². The molecule has 0 aliphatic carbocycles. The first kappa shape index (κ1) is 19.2. The van der Waals surface area contributed by atoms with Crippen LogP contribution in [0.4, 0.5) is 0 Å². The van der Waals surface area contributed by atoms with E-state index in [1.165, 1.54) is 12.8 Å². The molecule has 0 aromatic rings. The molecule has 0 spiro atoms. The third-order valence-electron chi connectivity index (χ3n) is 3.98. The summed E-state index contributed by atoms with van der Waals surface area (Å²) in [5.41, 5.74) is 0. The fourth-order valence-electron chi connectivity index (χ4n) is 2.92. The Hall–Kier alpha value is -0.810. The van der Waals surface area contributed by atoms with E-state index in [9.17, 15) is 5.11 Å². The van der Waals surface area contributed by atoms with Crippen molar-refractivity contribution in [1.82, 2.24) is 10.6 Å². The van der Waals surface area contributed by atoms with Crippen molar-refractivity contribution in [3.63, 3.8) is 0 Å². The molecule has 2 atom stereocenters. The Morgan fingerprint density at radius 1 is 1.36 bits per heavy atom. The number of hydrogen-bond donors (Lipinski definition) is 3. The first-order chi connectivity index (χ1) is 10.7. The SMILES string of the molecule is CCNC(=NCC(CCO)CC(C)C)NCCC1CCCO1. The third kappa shape index (κ3) is 8.59. The van der Waals surface area contributed by atoms with E-state index >= 15 is 0 Å². The maximum Gasteiger partial charge on any atom is 0.191 e. The van der Waals surface area contributed by atoms with Gasteiger partial charge in [0.05, 0.1) is 6.10 Å². The van der Waals surface area contributed by atoms with Crippen molar-refractivity contribution in [2.24, 2.45) is 16.8 Å². The predicted octanol–water partition coefficient (Wildman–Crippen LogP) is 2.16. The maximum atomic E-state index is 9.19. The van der Waals surface area contributed by atoms with Crippen LogP contribution in [0.3, 0.4) is 0 Å². The molecule has 1 aliphatic rings. The summed E-state index contributed by atoms with van der Waals surface area (Å²) in [5.74, 6) is 1.98. The fourth-order valence-corrected chi connectivity index (χ4v) is 2.92. The maximum absolute atomic E-state index is 9.19.